The molecule has 1 aromatic carbocycles. The van der Waals surface area contributed by atoms with E-state index in [9.17, 15) is 4.79 Å². The fourth-order valence-corrected chi connectivity index (χ4v) is 2.60. The van der Waals surface area contributed by atoms with Crippen LogP contribution in [0.1, 0.15) is 31.4 Å². The highest BCUT2D eigenvalue weighted by Gasteiger charge is 2.27. The lowest BCUT2D eigenvalue weighted by atomic mass is 10.00. The van der Waals surface area contributed by atoms with E-state index in [0.717, 1.165) is 17.7 Å². The molecule has 0 saturated heterocycles. The minimum absolute atomic E-state index is 0.0295. The molecule has 0 radical (unpaired) electrons. The maximum atomic E-state index is 12.2. The maximum Gasteiger partial charge on any atom is 0.225 e. The molecular formula is C18H24N2O2. The van der Waals surface area contributed by atoms with Gasteiger partial charge in [0, 0.05) is 24.4 Å². The molecule has 1 heterocycles. The van der Waals surface area contributed by atoms with Crippen molar-refractivity contribution in [3.05, 3.63) is 48.0 Å². The predicted molar refractivity (Wildman–Crippen MR) is 88.8 cm³/mol. The number of carbonyl (C=O) groups is 1. The average molecular weight is 300 g/mol. The highest BCUT2D eigenvalue weighted by molar-refractivity contribution is 6.02. The molecule has 0 aliphatic carbocycles. The van der Waals surface area contributed by atoms with Crippen LogP contribution >= 0.6 is 0 Å². The summed E-state index contributed by atoms with van der Waals surface area (Å²) >= 11 is 0. The summed E-state index contributed by atoms with van der Waals surface area (Å²) in [6.07, 6.45) is 2.39. The number of aryl methyl sites for hydroxylation is 1. The van der Waals surface area contributed by atoms with Gasteiger partial charge in [-0.15, -0.1) is 6.58 Å². The van der Waals surface area contributed by atoms with Crippen molar-refractivity contribution in [2.45, 2.75) is 33.3 Å². The van der Waals surface area contributed by atoms with E-state index in [1.54, 1.807) is 11.0 Å². The Bertz CT molecular complexity index is 578. The molecule has 0 unspecified atom stereocenters. The van der Waals surface area contributed by atoms with Crippen LogP contribution in [0.4, 0.5) is 0 Å². The molecule has 2 rings (SSSR count). The first-order valence-corrected chi connectivity index (χ1v) is 7.71. The van der Waals surface area contributed by atoms with Crippen LogP contribution in [0.25, 0.3) is 0 Å². The first kappa shape index (κ1) is 16.3. The maximum absolute atomic E-state index is 12.2. The van der Waals surface area contributed by atoms with E-state index in [1.807, 2.05) is 26.0 Å². The van der Waals surface area contributed by atoms with Crippen LogP contribution in [-0.2, 0) is 9.63 Å². The number of carbonyl (C=O) groups excluding carboxylic acids is 1. The van der Waals surface area contributed by atoms with Crippen molar-refractivity contribution >= 4 is 11.6 Å². The van der Waals surface area contributed by atoms with Crippen LogP contribution in [0.3, 0.4) is 0 Å². The summed E-state index contributed by atoms with van der Waals surface area (Å²) in [5.74, 6) is 0.0888. The number of benzene rings is 1. The second-order valence-corrected chi connectivity index (χ2v) is 5.97. The average Bonchev–Trinajstić information content (AvgIpc) is 2.94. The van der Waals surface area contributed by atoms with Gasteiger partial charge in [-0.2, -0.15) is 0 Å². The summed E-state index contributed by atoms with van der Waals surface area (Å²) < 4.78 is 0. The van der Waals surface area contributed by atoms with Crippen LogP contribution in [-0.4, -0.2) is 35.7 Å². The van der Waals surface area contributed by atoms with Gasteiger partial charge in [-0.1, -0.05) is 49.3 Å². The molecule has 0 saturated carbocycles. The molecule has 0 N–H and O–H groups in total. The van der Waals surface area contributed by atoms with E-state index in [-0.39, 0.29) is 17.9 Å². The minimum Gasteiger partial charge on any atom is -0.390 e. The molecule has 0 spiro atoms. The number of rotatable bonds is 6. The molecular weight excluding hydrogens is 276 g/mol. The SMILES string of the molecule is C=CCN(C[C@H]1CC(c2ccccc2C)=NO1)C(=O)C(C)C. The number of hydrogen-bond donors (Lipinski definition) is 0. The van der Waals surface area contributed by atoms with Crippen molar-refractivity contribution < 1.29 is 9.63 Å². The van der Waals surface area contributed by atoms with Crippen molar-refractivity contribution in [1.82, 2.24) is 4.90 Å². The zero-order valence-electron chi connectivity index (χ0n) is 13.6. The van der Waals surface area contributed by atoms with Gasteiger partial charge in [0.25, 0.3) is 0 Å². The minimum atomic E-state index is -0.0859. The van der Waals surface area contributed by atoms with Crippen LogP contribution in [0.15, 0.2) is 42.1 Å². The molecule has 1 atom stereocenters. The van der Waals surface area contributed by atoms with E-state index < -0.39 is 0 Å². The van der Waals surface area contributed by atoms with E-state index in [2.05, 4.69) is 30.8 Å². The largest absolute Gasteiger partial charge is 0.390 e. The third kappa shape index (κ3) is 3.75. The Morgan fingerprint density at radius 3 is 2.86 bits per heavy atom. The quantitative estimate of drug-likeness (QED) is 0.757. The standard InChI is InChI=1S/C18H24N2O2/c1-5-10-20(18(21)13(2)3)12-15-11-17(19-22-15)16-9-7-6-8-14(16)4/h5-9,13,15H,1,10-12H2,2-4H3/t15-/m1/s1. The summed E-state index contributed by atoms with van der Waals surface area (Å²) in [6.45, 7) is 10.7. The van der Waals surface area contributed by atoms with Crippen LogP contribution in [0.5, 0.6) is 0 Å². The monoisotopic (exact) mass is 300 g/mol. The molecule has 4 nitrogen and oxygen atoms in total. The second-order valence-electron chi connectivity index (χ2n) is 5.97. The van der Waals surface area contributed by atoms with E-state index in [4.69, 9.17) is 4.84 Å². The molecule has 118 valence electrons. The van der Waals surface area contributed by atoms with Gasteiger partial charge in [-0.25, -0.2) is 0 Å². The molecule has 1 aliphatic heterocycles. The number of hydrogen-bond acceptors (Lipinski definition) is 3. The molecule has 4 heteroatoms. The van der Waals surface area contributed by atoms with Crippen molar-refractivity contribution in [3.63, 3.8) is 0 Å². The fraction of sp³-hybridized carbons (Fsp3) is 0.444. The number of nitrogens with zero attached hydrogens (tertiary/aromatic N) is 2. The van der Waals surface area contributed by atoms with Gasteiger partial charge in [0.05, 0.1) is 12.3 Å². The third-order valence-electron chi connectivity index (χ3n) is 3.77. The third-order valence-corrected chi connectivity index (χ3v) is 3.77. The Kier molecular flexibility index (Phi) is 5.36. The summed E-state index contributed by atoms with van der Waals surface area (Å²) in [5.41, 5.74) is 3.26. The highest BCUT2D eigenvalue weighted by Crippen LogP contribution is 2.20. The van der Waals surface area contributed by atoms with E-state index in [0.29, 0.717) is 13.1 Å². The van der Waals surface area contributed by atoms with E-state index in [1.165, 1.54) is 5.56 Å². The Labute approximate surface area is 132 Å². The fourth-order valence-electron chi connectivity index (χ4n) is 2.60. The lowest BCUT2D eigenvalue weighted by Crippen LogP contribution is -2.40. The van der Waals surface area contributed by atoms with Gasteiger partial charge in [0.1, 0.15) is 0 Å². The van der Waals surface area contributed by atoms with Gasteiger partial charge in [-0.3, -0.25) is 4.79 Å². The highest BCUT2D eigenvalue weighted by atomic mass is 16.6. The molecule has 0 bridgehead atoms. The van der Waals surface area contributed by atoms with Crippen molar-refractivity contribution in [1.29, 1.82) is 0 Å². The Morgan fingerprint density at radius 1 is 1.50 bits per heavy atom. The van der Waals surface area contributed by atoms with Gasteiger partial charge in [-0.05, 0) is 12.5 Å². The number of amides is 1. The van der Waals surface area contributed by atoms with Gasteiger partial charge < -0.3 is 9.74 Å². The Hall–Kier alpha value is -2.10. The predicted octanol–water partition coefficient (Wildman–Crippen LogP) is 3.16. The van der Waals surface area contributed by atoms with Gasteiger partial charge in [0.15, 0.2) is 6.10 Å². The summed E-state index contributed by atoms with van der Waals surface area (Å²) in [6, 6.07) is 8.14. The zero-order valence-corrected chi connectivity index (χ0v) is 13.6. The van der Waals surface area contributed by atoms with Gasteiger partial charge in [0.2, 0.25) is 5.91 Å². The molecule has 0 aromatic heterocycles. The summed E-state index contributed by atoms with van der Waals surface area (Å²) in [7, 11) is 0. The zero-order chi connectivity index (χ0) is 16.1. The van der Waals surface area contributed by atoms with Crippen LogP contribution < -0.4 is 0 Å². The normalized spacial score (nSPS) is 17.1. The molecule has 1 aliphatic rings. The molecule has 22 heavy (non-hydrogen) atoms. The van der Waals surface area contributed by atoms with Crippen molar-refractivity contribution in [3.8, 4) is 0 Å². The molecule has 1 aromatic rings. The first-order chi connectivity index (χ1) is 10.5. The summed E-state index contributed by atoms with van der Waals surface area (Å²) in [4.78, 5) is 19.5. The lowest BCUT2D eigenvalue weighted by molar-refractivity contribution is -0.135. The molecule has 1 amide bonds. The van der Waals surface area contributed by atoms with Crippen LogP contribution in [0, 0.1) is 12.8 Å². The Balaban J connectivity index is 2.01. The lowest BCUT2D eigenvalue weighted by Gasteiger charge is -2.25. The van der Waals surface area contributed by atoms with Gasteiger partial charge >= 0.3 is 0 Å². The molecule has 0 fully saturated rings. The second kappa shape index (κ2) is 7.25. The Morgan fingerprint density at radius 2 is 2.23 bits per heavy atom. The van der Waals surface area contributed by atoms with E-state index >= 15 is 0 Å². The topological polar surface area (TPSA) is 41.9 Å². The number of oxime groups is 1. The first-order valence-electron chi connectivity index (χ1n) is 7.71. The smallest absolute Gasteiger partial charge is 0.225 e. The van der Waals surface area contributed by atoms with Crippen LogP contribution in [0.2, 0.25) is 0 Å². The van der Waals surface area contributed by atoms with Crippen molar-refractivity contribution in [2.75, 3.05) is 13.1 Å². The van der Waals surface area contributed by atoms with Crippen molar-refractivity contribution in [2.24, 2.45) is 11.1 Å². The summed E-state index contributed by atoms with van der Waals surface area (Å²) in [5, 5.41) is 4.22.